The Morgan fingerprint density at radius 3 is 2.58 bits per heavy atom. The Morgan fingerprint density at radius 2 is 1.83 bits per heavy atom. The average molecular weight is 326 g/mol. The summed E-state index contributed by atoms with van der Waals surface area (Å²) in [5.41, 5.74) is 2.80. The Hall–Kier alpha value is -2.30. The minimum Gasteiger partial charge on any atom is -0.508 e. The first-order valence-corrected chi connectivity index (χ1v) is 8.78. The Kier molecular flexibility index (Phi) is 4.00. The van der Waals surface area contributed by atoms with Crippen LogP contribution in [-0.2, 0) is 12.8 Å². The van der Waals surface area contributed by atoms with E-state index in [-0.39, 0.29) is 5.91 Å². The van der Waals surface area contributed by atoms with E-state index in [9.17, 15) is 9.90 Å². The van der Waals surface area contributed by atoms with Gasteiger partial charge in [-0.05, 0) is 55.7 Å². The van der Waals surface area contributed by atoms with E-state index in [4.69, 9.17) is 4.52 Å². The zero-order valence-corrected chi connectivity index (χ0v) is 13.7. The van der Waals surface area contributed by atoms with Crippen molar-refractivity contribution in [3.8, 4) is 5.75 Å². The van der Waals surface area contributed by atoms with Crippen molar-refractivity contribution in [2.75, 3.05) is 13.1 Å². The molecule has 1 amide bonds. The van der Waals surface area contributed by atoms with Gasteiger partial charge in [0.15, 0.2) is 5.69 Å². The third kappa shape index (κ3) is 2.79. The molecule has 1 N–H and O–H groups in total. The van der Waals surface area contributed by atoms with Gasteiger partial charge in [-0.15, -0.1) is 0 Å². The molecule has 0 saturated carbocycles. The standard InChI is InChI=1S/C19H22N2O3/c22-15-7-5-13(6-8-15)14-9-11-21(12-10-14)19(23)18-16-3-1-2-4-17(16)24-20-18/h5-8,14,22H,1-4,9-12H2. The second-order valence-electron chi connectivity index (χ2n) is 6.80. The van der Waals surface area contributed by atoms with Gasteiger partial charge in [0.1, 0.15) is 11.5 Å². The highest BCUT2D eigenvalue weighted by Gasteiger charge is 2.30. The summed E-state index contributed by atoms with van der Waals surface area (Å²) in [4.78, 5) is 14.7. The Morgan fingerprint density at radius 1 is 1.12 bits per heavy atom. The molecule has 0 radical (unpaired) electrons. The van der Waals surface area contributed by atoms with Gasteiger partial charge in [0.25, 0.3) is 5.91 Å². The van der Waals surface area contributed by atoms with Crippen LogP contribution in [0, 0.1) is 0 Å². The molecule has 24 heavy (non-hydrogen) atoms. The van der Waals surface area contributed by atoms with Crippen LogP contribution in [0.2, 0.25) is 0 Å². The highest BCUT2D eigenvalue weighted by molar-refractivity contribution is 5.94. The van der Waals surface area contributed by atoms with Gasteiger partial charge < -0.3 is 14.5 Å². The lowest BCUT2D eigenvalue weighted by Gasteiger charge is -2.32. The van der Waals surface area contributed by atoms with E-state index < -0.39 is 0 Å². The van der Waals surface area contributed by atoms with Gasteiger partial charge in [-0.25, -0.2) is 0 Å². The van der Waals surface area contributed by atoms with Crippen LogP contribution in [-0.4, -0.2) is 34.2 Å². The van der Waals surface area contributed by atoms with Gasteiger partial charge in [-0.2, -0.15) is 0 Å². The van der Waals surface area contributed by atoms with E-state index in [0.29, 0.717) is 17.4 Å². The van der Waals surface area contributed by atoms with Crippen molar-refractivity contribution in [2.45, 2.75) is 44.4 Å². The van der Waals surface area contributed by atoms with E-state index in [1.807, 2.05) is 17.0 Å². The lowest BCUT2D eigenvalue weighted by Crippen LogP contribution is -2.38. The van der Waals surface area contributed by atoms with Crippen molar-refractivity contribution in [1.82, 2.24) is 10.1 Å². The number of aromatic nitrogens is 1. The van der Waals surface area contributed by atoms with Crippen LogP contribution in [0.3, 0.4) is 0 Å². The van der Waals surface area contributed by atoms with Gasteiger partial charge in [-0.1, -0.05) is 17.3 Å². The Balaban J connectivity index is 1.43. The summed E-state index contributed by atoms with van der Waals surface area (Å²) in [6.07, 6.45) is 5.92. The number of nitrogens with zero attached hydrogens (tertiary/aromatic N) is 2. The van der Waals surface area contributed by atoms with Gasteiger partial charge in [0.2, 0.25) is 0 Å². The van der Waals surface area contributed by atoms with Crippen LogP contribution in [0.5, 0.6) is 5.75 Å². The number of phenols is 1. The number of carbonyl (C=O) groups excluding carboxylic acids is 1. The van der Waals surface area contributed by atoms with Crippen molar-refractivity contribution in [3.63, 3.8) is 0 Å². The first-order valence-electron chi connectivity index (χ1n) is 8.78. The molecule has 1 aliphatic carbocycles. The van der Waals surface area contributed by atoms with E-state index in [1.165, 1.54) is 5.56 Å². The maximum absolute atomic E-state index is 12.8. The number of hydrogen-bond donors (Lipinski definition) is 1. The number of phenolic OH excluding ortho intramolecular Hbond substituents is 1. The Labute approximate surface area is 141 Å². The van der Waals surface area contributed by atoms with Crippen LogP contribution in [0.4, 0.5) is 0 Å². The lowest BCUT2D eigenvalue weighted by molar-refractivity contribution is 0.0701. The summed E-state index contributed by atoms with van der Waals surface area (Å²) in [6, 6.07) is 7.42. The summed E-state index contributed by atoms with van der Waals surface area (Å²) < 4.78 is 5.38. The van der Waals surface area contributed by atoms with Gasteiger partial charge in [0.05, 0.1) is 0 Å². The molecule has 126 valence electrons. The van der Waals surface area contributed by atoms with Gasteiger partial charge in [0, 0.05) is 25.1 Å². The fraction of sp³-hybridized carbons (Fsp3) is 0.474. The van der Waals surface area contributed by atoms with Crippen LogP contribution < -0.4 is 0 Å². The molecule has 0 bridgehead atoms. The predicted molar refractivity (Wildman–Crippen MR) is 89.1 cm³/mol. The molecule has 0 spiro atoms. The van der Waals surface area contributed by atoms with Crippen molar-refractivity contribution in [3.05, 3.63) is 46.8 Å². The quantitative estimate of drug-likeness (QED) is 0.920. The number of carbonyl (C=O) groups is 1. The molecule has 1 aliphatic heterocycles. The summed E-state index contributed by atoms with van der Waals surface area (Å²) in [7, 11) is 0. The number of aromatic hydroxyl groups is 1. The van der Waals surface area contributed by atoms with Crippen molar-refractivity contribution in [2.24, 2.45) is 0 Å². The zero-order valence-electron chi connectivity index (χ0n) is 13.7. The number of rotatable bonds is 2. The molecule has 5 heteroatoms. The first kappa shape index (κ1) is 15.2. The van der Waals surface area contributed by atoms with Crippen molar-refractivity contribution in [1.29, 1.82) is 0 Å². The number of piperidine rings is 1. The highest BCUT2D eigenvalue weighted by Crippen LogP contribution is 2.31. The molecular formula is C19H22N2O3. The number of likely N-dealkylation sites (tertiary alicyclic amines) is 1. The summed E-state index contributed by atoms with van der Waals surface area (Å²) in [5, 5.41) is 13.5. The number of fused-ring (bicyclic) bond motifs is 1. The monoisotopic (exact) mass is 326 g/mol. The first-order chi connectivity index (χ1) is 11.7. The third-order valence-electron chi connectivity index (χ3n) is 5.30. The molecule has 2 heterocycles. The molecular weight excluding hydrogens is 304 g/mol. The molecule has 1 fully saturated rings. The molecule has 0 unspecified atom stereocenters. The summed E-state index contributed by atoms with van der Waals surface area (Å²) in [5.74, 6) is 1.66. The highest BCUT2D eigenvalue weighted by atomic mass is 16.5. The number of aryl methyl sites for hydroxylation is 1. The number of hydrogen-bond acceptors (Lipinski definition) is 4. The molecule has 2 aliphatic rings. The normalized spacial score (nSPS) is 18.4. The van der Waals surface area contributed by atoms with E-state index >= 15 is 0 Å². The smallest absolute Gasteiger partial charge is 0.276 e. The second-order valence-corrected chi connectivity index (χ2v) is 6.80. The van der Waals surface area contributed by atoms with E-state index in [2.05, 4.69) is 5.16 Å². The number of benzene rings is 1. The molecule has 1 saturated heterocycles. The molecule has 4 rings (SSSR count). The fourth-order valence-electron chi connectivity index (χ4n) is 3.86. The molecule has 1 aromatic carbocycles. The summed E-state index contributed by atoms with van der Waals surface area (Å²) >= 11 is 0. The van der Waals surface area contributed by atoms with Crippen molar-refractivity contribution < 1.29 is 14.4 Å². The maximum atomic E-state index is 12.8. The largest absolute Gasteiger partial charge is 0.508 e. The molecule has 5 nitrogen and oxygen atoms in total. The zero-order chi connectivity index (χ0) is 16.5. The third-order valence-corrected chi connectivity index (χ3v) is 5.30. The van der Waals surface area contributed by atoms with Crippen molar-refractivity contribution >= 4 is 5.91 Å². The van der Waals surface area contributed by atoms with E-state index in [0.717, 1.165) is 62.9 Å². The van der Waals surface area contributed by atoms with Crippen LogP contribution in [0.15, 0.2) is 28.8 Å². The maximum Gasteiger partial charge on any atom is 0.276 e. The van der Waals surface area contributed by atoms with E-state index in [1.54, 1.807) is 12.1 Å². The SMILES string of the molecule is O=C(c1noc2c1CCCC2)N1CCC(c2ccc(O)cc2)CC1. The molecule has 0 atom stereocenters. The minimum absolute atomic E-state index is 0.0195. The van der Waals surface area contributed by atoms with Crippen LogP contribution in [0.25, 0.3) is 0 Å². The lowest BCUT2D eigenvalue weighted by atomic mass is 9.89. The molecule has 1 aromatic heterocycles. The molecule has 2 aromatic rings. The number of amides is 1. The summed E-state index contributed by atoms with van der Waals surface area (Å²) in [6.45, 7) is 1.48. The van der Waals surface area contributed by atoms with Gasteiger partial charge in [-0.3, -0.25) is 4.79 Å². The average Bonchev–Trinajstić information content (AvgIpc) is 3.06. The topological polar surface area (TPSA) is 66.6 Å². The second kappa shape index (κ2) is 6.30. The minimum atomic E-state index is 0.0195. The van der Waals surface area contributed by atoms with Gasteiger partial charge >= 0.3 is 0 Å². The Bertz CT molecular complexity index is 728. The van der Waals surface area contributed by atoms with Crippen LogP contribution >= 0.6 is 0 Å². The van der Waals surface area contributed by atoms with Crippen LogP contribution in [0.1, 0.15) is 59.0 Å². The fourth-order valence-corrected chi connectivity index (χ4v) is 3.86. The predicted octanol–water partition coefficient (Wildman–Crippen LogP) is 3.28.